The summed E-state index contributed by atoms with van der Waals surface area (Å²) < 4.78 is 0. The average molecular weight is 230 g/mol. The number of hydrogen-bond acceptors (Lipinski definition) is 3. The molecule has 0 aliphatic heterocycles. The Hall–Kier alpha value is -0.120. The number of rotatable bonds is 7. The third-order valence-corrected chi connectivity index (χ3v) is 3.29. The molecule has 1 unspecified atom stereocenters. The molecule has 0 heterocycles. The summed E-state index contributed by atoms with van der Waals surface area (Å²) in [4.78, 5) is 2.31. The van der Waals surface area contributed by atoms with Crippen molar-refractivity contribution in [1.29, 1.82) is 0 Å². The fourth-order valence-electron chi connectivity index (χ4n) is 1.93. The van der Waals surface area contributed by atoms with Gasteiger partial charge in [0.1, 0.15) is 0 Å². The molecule has 0 aromatic rings. The fourth-order valence-corrected chi connectivity index (χ4v) is 1.93. The van der Waals surface area contributed by atoms with Gasteiger partial charge in [0, 0.05) is 19.1 Å². The SMILES string of the molecule is CCN(CC(C)(C)O)CC(C)(C)C(C)NC. The van der Waals surface area contributed by atoms with E-state index >= 15 is 0 Å². The summed E-state index contributed by atoms with van der Waals surface area (Å²) in [5.74, 6) is 0. The molecule has 0 aliphatic rings. The zero-order chi connectivity index (χ0) is 13.0. The maximum atomic E-state index is 9.85. The van der Waals surface area contributed by atoms with E-state index in [2.05, 4.69) is 37.9 Å². The van der Waals surface area contributed by atoms with Crippen LogP contribution in [0.3, 0.4) is 0 Å². The van der Waals surface area contributed by atoms with E-state index in [0.29, 0.717) is 6.04 Å². The summed E-state index contributed by atoms with van der Waals surface area (Å²) in [7, 11) is 2.00. The van der Waals surface area contributed by atoms with Crippen LogP contribution < -0.4 is 5.32 Å². The number of hydrogen-bond donors (Lipinski definition) is 2. The molecule has 3 heteroatoms. The van der Waals surface area contributed by atoms with Gasteiger partial charge in [0.15, 0.2) is 0 Å². The molecule has 0 spiro atoms. The fraction of sp³-hybridized carbons (Fsp3) is 1.00. The van der Waals surface area contributed by atoms with Crippen molar-refractivity contribution in [3.05, 3.63) is 0 Å². The molecular weight excluding hydrogens is 200 g/mol. The van der Waals surface area contributed by atoms with Gasteiger partial charge < -0.3 is 15.3 Å². The smallest absolute Gasteiger partial charge is 0.0718 e. The van der Waals surface area contributed by atoms with Crippen molar-refractivity contribution in [1.82, 2.24) is 10.2 Å². The lowest BCUT2D eigenvalue weighted by molar-refractivity contribution is 0.0221. The summed E-state index contributed by atoms with van der Waals surface area (Å²) in [5.41, 5.74) is -0.412. The Morgan fingerprint density at radius 3 is 2.00 bits per heavy atom. The molecule has 0 fully saturated rings. The molecule has 0 saturated heterocycles. The molecule has 0 amide bonds. The maximum Gasteiger partial charge on any atom is 0.0718 e. The van der Waals surface area contributed by atoms with Gasteiger partial charge in [0.05, 0.1) is 5.60 Å². The minimum Gasteiger partial charge on any atom is -0.389 e. The first kappa shape index (κ1) is 15.9. The number of likely N-dealkylation sites (N-methyl/N-ethyl adjacent to an activating group) is 1. The molecule has 2 N–H and O–H groups in total. The van der Waals surface area contributed by atoms with E-state index in [-0.39, 0.29) is 5.41 Å². The Kier molecular flexibility index (Phi) is 5.94. The van der Waals surface area contributed by atoms with E-state index in [1.165, 1.54) is 0 Å². The summed E-state index contributed by atoms with van der Waals surface area (Å²) in [6.07, 6.45) is 0. The highest BCUT2D eigenvalue weighted by Gasteiger charge is 2.28. The second-order valence-electron chi connectivity index (χ2n) is 6.11. The van der Waals surface area contributed by atoms with Gasteiger partial charge in [-0.25, -0.2) is 0 Å². The molecule has 0 saturated carbocycles. The Morgan fingerprint density at radius 2 is 1.69 bits per heavy atom. The van der Waals surface area contributed by atoms with Crippen LogP contribution in [-0.2, 0) is 0 Å². The highest BCUT2D eigenvalue weighted by atomic mass is 16.3. The van der Waals surface area contributed by atoms with Gasteiger partial charge in [-0.2, -0.15) is 0 Å². The van der Waals surface area contributed by atoms with Gasteiger partial charge in [-0.15, -0.1) is 0 Å². The van der Waals surface area contributed by atoms with Crippen LogP contribution in [0.25, 0.3) is 0 Å². The largest absolute Gasteiger partial charge is 0.389 e. The van der Waals surface area contributed by atoms with E-state index in [4.69, 9.17) is 0 Å². The summed E-state index contributed by atoms with van der Waals surface area (Å²) >= 11 is 0. The topological polar surface area (TPSA) is 35.5 Å². The van der Waals surface area contributed by atoms with E-state index in [9.17, 15) is 5.11 Å². The number of nitrogens with one attached hydrogen (secondary N) is 1. The third kappa shape index (κ3) is 5.83. The first-order chi connectivity index (χ1) is 7.12. The highest BCUT2D eigenvalue weighted by molar-refractivity contribution is 4.84. The van der Waals surface area contributed by atoms with Crippen LogP contribution in [0.2, 0.25) is 0 Å². The summed E-state index contributed by atoms with van der Waals surface area (Å²) in [5, 5.41) is 13.2. The quantitative estimate of drug-likeness (QED) is 0.699. The second kappa shape index (κ2) is 5.99. The Morgan fingerprint density at radius 1 is 1.19 bits per heavy atom. The molecule has 0 rings (SSSR count). The average Bonchev–Trinajstić information content (AvgIpc) is 2.12. The zero-order valence-corrected chi connectivity index (χ0v) is 12.1. The normalized spacial score (nSPS) is 15.6. The lowest BCUT2D eigenvalue weighted by Gasteiger charge is -2.38. The molecule has 0 aromatic carbocycles. The third-order valence-electron chi connectivity index (χ3n) is 3.29. The van der Waals surface area contributed by atoms with Crippen LogP contribution in [0, 0.1) is 5.41 Å². The highest BCUT2D eigenvalue weighted by Crippen LogP contribution is 2.22. The van der Waals surface area contributed by atoms with E-state index in [1.54, 1.807) is 0 Å². The van der Waals surface area contributed by atoms with Gasteiger partial charge >= 0.3 is 0 Å². The Balaban J connectivity index is 4.42. The van der Waals surface area contributed by atoms with E-state index in [1.807, 2.05) is 20.9 Å². The van der Waals surface area contributed by atoms with Gasteiger partial charge in [-0.1, -0.05) is 20.8 Å². The van der Waals surface area contributed by atoms with Crippen LogP contribution in [0.4, 0.5) is 0 Å². The maximum absolute atomic E-state index is 9.85. The summed E-state index contributed by atoms with van der Waals surface area (Å²) in [6, 6.07) is 0.461. The van der Waals surface area contributed by atoms with Crippen molar-refractivity contribution in [3.63, 3.8) is 0 Å². The van der Waals surface area contributed by atoms with Crippen molar-refractivity contribution in [3.8, 4) is 0 Å². The first-order valence-electron chi connectivity index (χ1n) is 6.24. The molecule has 98 valence electrons. The van der Waals surface area contributed by atoms with Crippen molar-refractivity contribution in [2.75, 3.05) is 26.7 Å². The zero-order valence-electron chi connectivity index (χ0n) is 12.1. The minimum atomic E-state index is -0.616. The van der Waals surface area contributed by atoms with Crippen LogP contribution in [0.1, 0.15) is 41.5 Å². The Labute approximate surface area is 101 Å². The molecule has 0 aromatic heterocycles. The van der Waals surface area contributed by atoms with Crippen LogP contribution in [0.15, 0.2) is 0 Å². The molecule has 0 radical (unpaired) electrons. The predicted octanol–water partition coefficient (Wildman–Crippen LogP) is 1.71. The Bertz CT molecular complexity index is 197. The first-order valence-corrected chi connectivity index (χ1v) is 6.24. The standard InChI is InChI=1S/C13H30N2O/c1-8-15(10-13(5,6)16)9-12(3,4)11(2)14-7/h11,14,16H,8-10H2,1-7H3. The number of aliphatic hydroxyl groups is 1. The number of nitrogens with zero attached hydrogens (tertiary/aromatic N) is 1. The second-order valence-corrected chi connectivity index (χ2v) is 6.11. The molecule has 16 heavy (non-hydrogen) atoms. The van der Waals surface area contributed by atoms with E-state index < -0.39 is 5.60 Å². The minimum absolute atomic E-state index is 0.204. The van der Waals surface area contributed by atoms with Gasteiger partial charge in [0.2, 0.25) is 0 Å². The van der Waals surface area contributed by atoms with Crippen molar-refractivity contribution < 1.29 is 5.11 Å². The lowest BCUT2D eigenvalue weighted by Crippen LogP contribution is -2.48. The molecular formula is C13H30N2O. The van der Waals surface area contributed by atoms with Crippen LogP contribution >= 0.6 is 0 Å². The van der Waals surface area contributed by atoms with Crippen molar-refractivity contribution >= 4 is 0 Å². The van der Waals surface area contributed by atoms with Crippen molar-refractivity contribution in [2.45, 2.75) is 53.2 Å². The monoisotopic (exact) mass is 230 g/mol. The molecule has 1 atom stereocenters. The molecule has 0 bridgehead atoms. The van der Waals surface area contributed by atoms with Crippen molar-refractivity contribution in [2.24, 2.45) is 5.41 Å². The van der Waals surface area contributed by atoms with Gasteiger partial charge in [-0.3, -0.25) is 0 Å². The summed E-state index contributed by atoms with van der Waals surface area (Å²) in [6.45, 7) is 15.3. The van der Waals surface area contributed by atoms with Crippen LogP contribution in [0.5, 0.6) is 0 Å². The lowest BCUT2D eigenvalue weighted by atomic mass is 9.84. The van der Waals surface area contributed by atoms with Crippen LogP contribution in [-0.4, -0.2) is 48.3 Å². The molecule has 3 nitrogen and oxygen atoms in total. The van der Waals surface area contributed by atoms with Gasteiger partial charge in [0.25, 0.3) is 0 Å². The molecule has 0 aliphatic carbocycles. The van der Waals surface area contributed by atoms with Gasteiger partial charge in [-0.05, 0) is 39.8 Å². The predicted molar refractivity (Wildman–Crippen MR) is 70.7 cm³/mol. The van der Waals surface area contributed by atoms with E-state index in [0.717, 1.165) is 19.6 Å².